The van der Waals surface area contributed by atoms with E-state index in [-0.39, 0.29) is 29.8 Å². The van der Waals surface area contributed by atoms with Crippen molar-refractivity contribution < 1.29 is 9.18 Å². The number of nitrogens with one attached hydrogen (secondary N) is 2. The Labute approximate surface area is 113 Å². The number of carbonyl (C=O) groups excluding carboxylic acids is 1. The van der Waals surface area contributed by atoms with Gasteiger partial charge < -0.3 is 10.6 Å². The lowest BCUT2D eigenvalue weighted by Gasteiger charge is -2.10. The number of para-hydroxylation sites is 1. The van der Waals surface area contributed by atoms with Crippen molar-refractivity contribution in [2.75, 3.05) is 11.9 Å². The van der Waals surface area contributed by atoms with Crippen LogP contribution in [0.3, 0.4) is 0 Å². The summed E-state index contributed by atoms with van der Waals surface area (Å²) in [5, 5.41) is 5.93. The van der Waals surface area contributed by atoms with Crippen LogP contribution in [0.25, 0.3) is 0 Å². The molecule has 0 aromatic heterocycles. The number of anilines is 1. The Kier molecular flexibility index (Phi) is 6.09. The fraction of sp³-hybridized carbons (Fsp3) is 0.462. The second-order valence-corrected chi connectivity index (χ2v) is 4.36. The number of halogens is 2. The second-order valence-electron chi connectivity index (χ2n) is 4.36. The standard InChI is InChI=1S/C13H17FN2O.ClH/c14-11-5-1-2-6-12(11)16-13(17)8-7-10-4-3-9-15-10;/h1-2,5-6,10,15H,3-4,7-9H2,(H,16,17);1H. The molecule has 18 heavy (non-hydrogen) atoms. The van der Waals surface area contributed by atoms with E-state index in [1.165, 1.54) is 12.5 Å². The summed E-state index contributed by atoms with van der Waals surface area (Å²) in [4.78, 5) is 11.6. The highest BCUT2D eigenvalue weighted by Gasteiger charge is 2.15. The summed E-state index contributed by atoms with van der Waals surface area (Å²) in [7, 11) is 0. The van der Waals surface area contributed by atoms with Gasteiger partial charge >= 0.3 is 0 Å². The number of hydrogen-bond donors (Lipinski definition) is 2. The molecular weight excluding hydrogens is 255 g/mol. The van der Waals surface area contributed by atoms with E-state index in [2.05, 4.69) is 10.6 Å². The fourth-order valence-corrected chi connectivity index (χ4v) is 2.08. The van der Waals surface area contributed by atoms with Crippen LogP contribution in [0.4, 0.5) is 10.1 Å². The average Bonchev–Trinajstić information content (AvgIpc) is 2.82. The summed E-state index contributed by atoms with van der Waals surface area (Å²) < 4.78 is 13.3. The largest absolute Gasteiger partial charge is 0.324 e. The van der Waals surface area contributed by atoms with Crippen molar-refractivity contribution in [3.8, 4) is 0 Å². The van der Waals surface area contributed by atoms with Crippen molar-refractivity contribution >= 4 is 24.0 Å². The van der Waals surface area contributed by atoms with E-state index < -0.39 is 0 Å². The minimum absolute atomic E-state index is 0. The number of rotatable bonds is 4. The first-order valence-electron chi connectivity index (χ1n) is 6.03. The van der Waals surface area contributed by atoms with Crippen LogP contribution in [0.15, 0.2) is 24.3 Å². The fourth-order valence-electron chi connectivity index (χ4n) is 2.08. The van der Waals surface area contributed by atoms with Gasteiger partial charge in [-0.05, 0) is 37.9 Å². The van der Waals surface area contributed by atoms with Crippen LogP contribution in [-0.2, 0) is 4.79 Å². The monoisotopic (exact) mass is 272 g/mol. The zero-order valence-corrected chi connectivity index (χ0v) is 10.9. The van der Waals surface area contributed by atoms with Gasteiger partial charge in [0.1, 0.15) is 5.82 Å². The van der Waals surface area contributed by atoms with E-state index >= 15 is 0 Å². The molecule has 2 N–H and O–H groups in total. The predicted molar refractivity (Wildman–Crippen MR) is 72.5 cm³/mol. The molecule has 1 aliphatic heterocycles. The van der Waals surface area contributed by atoms with Crippen LogP contribution in [0.5, 0.6) is 0 Å². The maximum Gasteiger partial charge on any atom is 0.224 e. The molecule has 1 heterocycles. The van der Waals surface area contributed by atoms with Gasteiger partial charge in [-0.2, -0.15) is 0 Å². The minimum Gasteiger partial charge on any atom is -0.324 e. The summed E-state index contributed by atoms with van der Waals surface area (Å²) in [5.74, 6) is -0.511. The predicted octanol–water partition coefficient (Wildman–Crippen LogP) is 2.72. The maximum atomic E-state index is 13.3. The number of benzene rings is 1. The Morgan fingerprint density at radius 2 is 2.22 bits per heavy atom. The van der Waals surface area contributed by atoms with Gasteiger partial charge in [0.05, 0.1) is 5.69 Å². The van der Waals surface area contributed by atoms with Gasteiger partial charge in [-0.25, -0.2) is 4.39 Å². The maximum absolute atomic E-state index is 13.3. The third kappa shape index (κ3) is 4.27. The third-order valence-electron chi connectivity index (χ3n) is 3.03. The Bertz CT molecular complexity index is 394. The van der Waals surface area contributed by atoms with Gasteiger partial charge in [0, 0.05) is 12.5 Å². The molecule has 2 rings (SSSR count). The van der Waals surface area contributed by atoms with E-state index in [1.807, 2.05) is 0 Å². The van der Waals surface area contributed by atoms with E-state index in [1.54, 1.807) is 18.2 Å². The van der Waals surface area contributed by atoms with Gasteiger partial charge in [0.15, 0.2) is 0 Å². The molecule has 1 aromatic carbocycles. The number of amides is 1. The summed E-state index contributed by atoms with van der Waals surface area (Å²) in [6.07, 6.45) is 3.57. The molecule has 1 unspecified atom stereocenters. The first-order valence-corrected chi connectivity index (χ1v) is 6.03. The SMILES string of the molecule is Cl.O=C(CCC1CCCN1)Nc1ccccc1F. The van der Waals surface area contributed by atoms with Crippen molar-refractivity contribution in [1.82, 2.24) is 5.32 Å². The first kappa shape index (κ1) is 14.9. The first-order chi connectivity index (χ1) is 8.25. The average molecular weight is 273 g/mol. The minimum atomic E-state index is -0.389. The molecule has 1 atom stereocenters. The molecule has 3 nitrogen and oxygen atoms in total. The molecule has 0 bridgehead atoms. The lowest BCUT2D eigenvalue weighted by molar-refractivity contribution is -0.116. The van der Waals surface area contributed by atoms with E-state index in [9.17, 15) is 9.18 Å². The molecule has 0 radical (unpaired) electrons. The molecule has 100 valence electrons. The lowest BCUT2D eigenvalue weighted by atomic mass is 10.1. The highest BCUT2D eigenvalue weighted by Crippen LogP contribution is 2.14. The zero-order chi connectivity index (χ0) is 12.1. The van der Waals surface area contributed by atoms with Crippen molar-refractivity contribution in [2.45, 2.75) is 31.7 Å². The third-order valence-corrected chi connectivity index (χ3v) is 3.03. The molecule has 5 heteroatoms. The topological polar surface area (TPSA) is 41.1 Å². The van der Waals surface area contributed by atoms with Gasteiger partial charge in [-0.1, -0.05) is 12.1 Å². The van der Waals surface area contributed by atoms with E-state index in [4.69, 9.17) is 0 Å². The molecule has 0 spiro atoms. The zero-order valence-electron chi connectivity index (χ0n) is 10.1. The van der Waals surface area contributed by atoms with Gasteiger partial charge in [0.2, 0.25) is 5.91 Å². The highest BCUT2D eigenvalue weighted by molar-refractivity contribution is 5.90. The second kappa shape index (κ2) is 7.34. The molecule has 1 aliphatic rings. The smallest absolute Gasteiger partial charge is 0.224 e. The van der Waals surface area contributed by atoms with Crippen LogP contribution < -0.4 is 10.6 Å². The van der Waals surface area contributed by atoms with Gasteiger partial charge in [-0.15, -0.1) is 12.4 Å². The molecule has 1 aromatic rings. The molecule has 1 fully saturated rings. The van der Waals surface area contributed by atoms with E-state index in [0.717, 1.165) is 19.4 Å². The van der Waals surface area contributed by atoms with Crippen LogP contribution in [0.1, 0.15) is 25.7 Å². The highest BCUT2D eigenvalue weighted by atomic mass is 35.5. The quantitative estimate of drug-likeness (QED) is 0.885. The normalized spacial score (nSPS) is 18.2. The van der Waals surface area contributed by atoms with Gasteiger partial charge in [0.25, 0.3) is 0 Å². The summed E-state index contributed by atoms with van der Waals surface area (Å²) in [6.45, 7) is 1.04. The Morgan fingerprint density at radius 1 is 1.44 bits per heavy atom. The Balaban J connectivity index is 0.00000162. The Hall–Kier alpha value is -1.13. The molecule has 0 saturated carbocycles. The van der Waals surface area contributed by atoms with Crippen LogP contribution in [0, 0.1) is 5.82 Å². The van der Waals surface area contributed by atoms with Crippen LogP contribution in [0.2, 0.25) is 0 Å². The van der Waals surface area contributed by atoms with Crippen molar-refractivity contribution in [3.63, 3.8) is 0 Å². The molecule has 1 amide bonds. The summed E-state index contributed by atoms with van der Waals surface area (Å²) in [6, 6.07) is 6.67. The van der Waals surface area contributed by atoms with E-state index in [0.29, 0.717) is 12.5 Å². The number of carbonyl (C=O) groups is 1. The van der Waals surface area contributed by atoms with Crippen molar-refractivity contribution in [3.05, 3.63) is 30.1 Å². The molecule has 0 aliphatic carbocycles. The lowest BCUT2D eigenvalue weighted by Crippen LogP contribution is -2.23. The summed E-state index contributed by atoms with van der Waals surface area (Å²) in [5.41, 5.74) is 0.261. The van der Waals surface area contributed by atoms with Crippen LogP contribution in [-0.4, -0.2) is 18.5 Å². The molecule has 1 saturated heterocycles. The molecular formula is C13H18ClFN2O. The number of hydrogen-bond acceptors (Lipinski definition) is 2. The summed E-state index contributed by atoms with van der Waals surface area (Å²) >= 11 is 0. The van der Waals surface area contributed by atoms with Crippen molar-refractivity contribution in [2.24, 2.45) is 0 Å². The van der Waals surface area contributed by atoms with Crippen molar-refractivity contribution in [1.29, 1.82) is 0 Å². The Morgan fingerprint density at radius 3 is 2.89 bits per heavy atom. The van der Waals surface area contributed by atoms with Crippen LogP contribution >= 0.6 is 12.4 Å². The van der Waals surface area contributed by atoms with Gasteiger partial charge in [-0.3, -0.25) is 4.79 Å².